The van der Waals surface area contributed by atoms with Gasteiger partial charge in [0.1, 0.15) is 24.7 Å². The summed E-state index contributed by atoms with van der Waals surface area (Å²) in [6, 6.07) is 9.30. The van der Waals surface area contributed by atoms with Crippen LogP contribution in [0, 0.1) is 11.8 Å². The van der Waals surface area contributed by atoms with Crippen LogP contribution >= 0.6 is 0 Å². The Morgan fingerprint density at radius 3 is 2.52 bits per heavy atom. The van der Waals surface area contributed by atoms with Gasteiger partial charge in [0.25, 0.3) is 0 Å². The monoisotopic (exact) mass is 421 g/mol. The molecule has 2 fully saturated rings. The number of rotatable bonds is 5. The lowest BCUT2D eigenvalue weighted by molar-refractivity contribution is -0.127. The molecule has 2 aromatic rings. The summed E-state index contributed by atoms with van der Waals surface area (Å²) in [6.07, 6.45) is 5.82. The second-order valence-corrected chi connectivity index (χ2v) is 8.72. The van der Waals surface area contributed by atoms with E-state index in [9.17, 15) is 9.59 Å². The molecule has 31 heavy (non-hydrogen) atoms. The Kier molecular flexibility index (Phi) is 5.30. The van der Waals surface area contributed by atoms with E-state index < -0.39 is 0 Å². The van der Waals surface area contributed by atoms with Crippen LogP contribution in [-0.2, 0) is 4.79 Å². The number of likely N-dealkylation sites (tertiary alicyclic amines) is 1. The van der Waals surface area contributed by atoms with E-state index in [1.807, 2.05) is 12.1 Å². The van der Waals surface area contributed by atoms with Gasteiger partial charge >= 0.3 is 0 Å². The van der Waals surface area contributed by atoms with Crippen molar-refractivity contribution in [3.8, 4) is 11.5 Å². The first-order valence-electron chi connectivity index (χ1n) is 11.1. The molecule has 1 aliphatic carbocycles. The smallest absolute Gasteiger partial charge is 0.246 e. The predicted octanol–water partition coefficient (Wildman–Crippen LogP) is 4.31. The highest BCUT2D eigenvalue weighted by atomic mass is 16.6. The van der Waals surface area contributed by atoms with Gasteiger partial charge in [0.2, 0.25) is 5.91 Å². The van der Waals surface area contributed by atoms with Gasteiger partial charge in [-0.3, -0.25) is 9.59 Å². The second kappa shape index (κ2) is 8.25. The van der Waals surface area contributed by atoms with Crippen LogP contribution in [0.3, 0.4) is 0 Å². The molecule has 1 aromatic heterocycles. The molecule has 1 saturated heterocycles. The zero-order valence-electron chi connectivity index (χ0n) is 17.7. The van der Waals surface area contributed by atoms with Crippen LogP contribution < -0.4 is 9.47 Å². The van der Waals surface area contributed by atoms with E-state index in [1.165, 1.54) is 6.42 Å². The number of amides is 1. The Morgan fingerprint density at radius 2 is 1.77 bits per heavy atom. The molecular formula is C25H27NO5. The van der Waals surface area contributed by atoms with Crippen molar-refractivity contribution in [1.29, 1.82) is 0 Å². The molecule has 0 spiro atoms. The van der Waals surface area contributed by atoms with E-state index in [4.69, 9.17) is 13.9 Å². The molecule has 0 N–H and O–H groups in total. The molecule has 2 atom stereocenters. The lowest BCUT2D eigenvalue weighted by atomic mass is 9.88. The number of piperidine rings is 1. The number of ether oxygens (including phenoxy) is 2. The van der Waals surface area contributed by atoms with Crippen molar-refractivity contribution in [3.05, 3.63) is 53.5 Å². The highest BCUT2D eigenvalue weighted by Crippen LogP contribution is 2.47. The van der Waals surface area contributed by atoms with Gasteiger partial charge in [-0.15, -0.1) is 0 Å². The maximum Gasteiger partial charge on any atom is 0.246 e. The Labute approximate surface area is 181 Å². The average Bonchev–Trinajstić information content (AvgIpc) is 3.35. The number of benzene rings is 1. The molecule has 3 heterocycles. The lowest BCUT2D eigenvalue weighted by Crippen LogP contribution is -2.39. The normalized spacial score (nSPS) is 23.2. The minimum atomic E-state index is -0.0799. The molecule has 2 unspecified atom stereocenters. The van der Waals surface area contributed by atoms with Crippen LogP contribution in [0.4, 0.5) is 0 Å². The van der Waals surface area contributed by atoms with Gasteiger partial charge in [0, 0.05) is 36.6 Å². The van der Waals surface area contributed by atoms with Crippen LogP contribution in [0.5, 0.6) is 11.5 Å². The third kappa shape index (κ3) is 4.24. The molecule has 0 bridgehead atoms. The fourth-order valence-electron chi connectivity index (χ4n) is 4.43. The molecule has 162 valence electrons. The number of carbonyl (C=O) groups excluding carboxylic acids is 2. The number of hydrogen-bond donors (Lipinski definition) is 0. The van der Waals surface area contributed by atoms with E-state index in [-0.39, 0.29) is 17.6 Å². The van der Waals surface area contributed by atoms with Crippen LogP contribution in [0.1, 0.15) is 54.0 Å². The molecule has 1 amide bonds. The number of Topliss-reactive ketones (excluding diaryl/α,β-unsaturated/α-hetero) is 1. The minimum absolute atomic E-state index is 0.0389. The zero-order chi connectivity index (χ0) is 21.4. The van der Waals surface area contributed by atoms with Gasteiger partial charge in [-0.1, -0.05) is 6.92 Å². The largest absolute Gasteiger partial charge is 0.486 e. The summed E-state index contributed by atoms with van der Waals surface area (Å²) >= 11 is 0. The van der Waals surface area contributed by atoms with E-state index in [0.717, 1.165) is 5.76 Å². The summed E-state index contributed by atoms with van der Waals surface area (Å²) in [5.74, 6) is 4.25. The third-order valence-electron chi connectivity index (χ3n) is 6.52. The topological polar surface area (TPSA) is 69.0 Å². The summed E-state index contributed by atoms with van der Waals surface area (Å²) < 4.78 is 16.9. The van der Waals surface area contributed by atoms with Crippen molar-refractivity contribution >= 4 is 17.8 Å². The van der Waals surface area contributed by atoms with Gasteiger partial charge in [-0.05, 0) is 61.6 Å². The molecule has 6 heteroatoms. The zero-order valence-corrected chi connectivity index (χ0v) is 17.7. The summed E-state index contributed by atoms with van der Waals surface area (Å²) in [5, 5.41) is 0. The SMILES string of the molecule is CC1CC1c1ccc(/C=C/C(=O)N2CCC(C(=O)c3ccc4c(c3)OCCO4)CC2)o1. The predicted molar refractivity (Wildman–Crippen MR) is 115 cm³/mol. The summed E-state index contributed by atoms with van der Waals surface area (Å²) in [4.78, 5) is 27.3. The third-order valence-corrected chi connectivity index (χ3v) is 6.52. The molecular weight excluding hydrogens is 394 g/mol. The van der Waals surface area contributed by atoms with Crippen LogP contribution in [0.25, 0.3) is 6.08 Å². The number of carbonyl (C=O) groups is 2. The first-order chi connectivity index (χ1) is 15.1. The van der Waals surface area contributed by atoms with Crippen molar-refractivity contribution in [2.45, 2.75) is 32.1 Å². The standard InChI is InChI=1S/C25H27NO5/c1-16-14-20(16)21-6-3-19(31-21)4-7-24(27)26-10-8-17(9-11-26)25(28)18-2-5-22-23(15-18)30-13-12-29-22/h2-7,15-17,20H,8-14H2,1H3/b7-4+. The first kappa shape index (κ1) is 19.9. The van der Waals surface area contributed by atoms with Crippen LogP contribution in [0.15, 0.2) is 40.8 Å². The first-order valence-corrected chi connectivity index (χ1v) is 11.1. The molecule has 1 saturated carbocycles. The van der Waals surface area contributed by atoms with Crippen molar-refractivity contribution < 1.29 is 23.5 Å². The number of furan rings is 1. The van der Waals surface area contributed by atoms with E-state index in [2.05, 4.69) is 6.92 Å². The minimum Gasteiger partial charge on any atom is -0.486 e. The quantitative estimate of drug-likeness (QED) is 0.532. The Bertz CT molecular complexity index is 1010. The highest BCUT2D eigenvalue weighted by Gasteiger charge is 2.36. The van der Waals surface area contributed by atoms with Gasteiger partial charge in [-0.2, -0.15) is 0 Å². The van der Waals surface area contributed by atoms with E-state index in [0.29, 0.717) is 73.8 Å². The van der Waals surface area contributed by atoms with Crippen molar-refractivity contribution in [3.63, 3.8) is 0 Å². The number of fused-ring (bicyclic) bond motifs is 1. The molecule has 5 rings (SSSR count). The molecule has 0 radical (unpaired) electrons. The Morgan fingerprint density at radius 1 is 1.03 bits per heavy atom. The summed E-state index contributed by atoms with van der Waals surface area (Å²) in [6.45, 7) is 4.40. The molecule has 2 aliphatic heterocycles. The molecule has 1 aromatic carbocycles. The van der Waals surface area contributed by atoms with Gasteiger partial charge in [-0.25, -0.2) is 0 Å². The van der Waals surface area contributed by atoms with Crippen LogP contribution in [-0.4, -0.2) is 42.9 Å². The second-order valence-electron chi connectivity index (χ2n) is 8.72. The van der Waals surface area contributed by atoms with Crippen molar-refractivity contribution in [2.24, 2.45) is 11.8 Å². The average molecular weight is 421 g/mol. The lowest BCUT2D eigenvalue weighted by Gasteiger charge is -2.30. The molecule has 6 nitrogen and oxygen atoms in total. The maximum absolute atomic E-state index is 12.9. The van der Waals surface area contributed by atoms with Gasteiger partial charge in [0.05, 0.1) is 0 Å². The van der Waals surface area contributed by atoms with Gasteiger partial charge < -0.3 is 18.8 Å². The highest BCUT2D eigenvalue weighted by molar-refractivity contribution is 5.99. The van der Waals surface area contributed by atoms with Crippen molar-refractivity contribution in [1.82, 2.24) is 4.90 Å². The molecule has 3 aliphatic rings. The van der Waals surface area contributed by atoms with Gasteiger partial charge in [0.15, 0.2) is 17.3 Å². The number of ketones is 1. The van der Waals surface area contributed by atoms with E-state index >= 15 is 0 Å². The Hall–Kier alpha value is -3.02. The van der Waals surface area contributed by atoms with E-state index in [1.54, 1.807) is 35.3 Å². The fourth-order valence-corrected chi connectivity index (χ4v) is 4.43. The maximum atomic E-state index is 12.9. The number of hydrogen-bond acceptors (Lipinski definition) is 5. The van der Waals surface area contributed by atoms with Crippen molar-refractivity contribution in [2.75, 3.05) is 26.3 Å². The fraction of sp³-hybridized carbons (Fsp3) is 0.440. The van der Waals surface area contributed by atoms with Crippen LogP contribution in [0.2, 0.25) is 0 Å². The number of nitrogens with zero attached hydrogens (tertiary/aromatic N) is 1. The Balaban J connectivity index is 1.15. The summed E-state index contributed by atoms with van der Waals surface area (Å²) in [7, 11) is 0. The summed E-state index contributed by atoms with van der Waals surface area (Å²) in [5.41, 5.74) is 0.646.